The van der Waals surface area contributed by atoms with Gasteiger partial charge in [-0.05, 0) is 24.7 Å². The third-order valence-electron chi connectivity index (χ3n) is 3.18. The third-order valence-corrected chi connectivity index (χ3v) is 3.18. The molecule has 0 aromatic carbocycles. The number of rotatable bonds is 10. The van der Waals surface area contributed by atoms with Gasteiger partial charge in [0.15, 0.2) is 0 Å². The van der Waals surface area contributed by atoms with E-state index in [1.807, 2.05) is 0 Å². The monoisotopic (exact) mass is 307 g/mol. The minimum absolute atomic E-state index is 0. The average molecular weight is 308 g/mol. The smallest absolute Gasteiger partial charge is 0.0739 e. The van der Waals surface area contributed by atoms with Gasteiger partial charge in [-0.15, -0.1) is 0 Å². The fourth-order valence-corrected chi connectivity index (χ4v) is 2.07. The summed E-state index contributed by atoms with van der Waals surface area (Å²) in [6.45, 7) is 8.15. The fraction of sp³-hybridized carbons (Fsp3) is 1.00. The second-order valence-electron chi connectivity index (χ2n) is 6.35. The van der Waals surface area contributed by atoms with Crippen LogP contribution in [0, 0.1) is 5.41 Å². The van der Waals surface area contributed by atoms with Crippen molar-refractivity contribution in [1.29, 1.82) is 0 Å². The Balaban J connectivity index is 0. The molecule has 0 spiro atoms. The van der Waals surface area contributed by atoms with Crippen LogP contribution in [0.4, 0.5) is 0 Å². The van der Waals surface area contributed by atoms with Crippen molar-refractivity contribution in [2.24, 2.45) is 5.41 Å². The van der Waals surface area contributed by atoms with Gasteiger partial charge in [0, 0.05) is 0 Å². The predicted octanol–water partition coefficient (Wildman–Crippen LogP) is 1.18. The van der Waals surface area contributed by atoms with Crippen LogP contribution >= 0.6 is 0 Å². The number of unbranched alkanes of at least 4 members (excludes halogenated alkanes) is 8. The topological polar surface area (TPSA) is 27.6 Å². The molecule has 0 aromatic heterocycles. The van der Waals surface area contributed by atoms with E-state index in [0.717, 1.165) is 6.54 Å². The molecule has 106 valence electrons. The number of halogens is 1. The fourth-order valence-electron chi connectivity index (χ4n) is 2.07. The first kappa shape index (κ1) is 19.8. The van der Waals surface area contributed by atoms with Gasteiger partial charge in [0.05, 0.1) is 6.54 Å². The van der Waals surface area contributed by atoms with Crippen molar-refractivity contribution < 1.29 is 22.7 Å². The second-order valence-corrected chi connectivity index (χ2v) is 6.35. The van der Waals surface area contributed by atoms with Gasteiger partial charge in [0.2, 0.25) is 0 Å². The van der Waals surface area contributed by atoms with Crippen molar-refractivity contribution in [1.82, 2.24) is 0 Å². The van der Waals surface area contributed by atoms with Crippen molar-refractivity contribution in [2.75, 3.05) is 6.54 Å². The van der Waals surface area contributed by atoms with Crippen molar-refractivity contribution in [3.8, 4) is 0 Å². The molecule has 0 atom stereocenters. The molecule has 0 amide bonds. The van der Waals surface area contributed by atoms with E-state index in [9.17, 15) is 0 Å². The van der Waals surface area contributed by atoms with Crippen LogP contribution in [0.3, 0.4) is 0 Å². The largest absolute Gasteiger partial charge is 1.00 e. The normalized spacial score (nSPS) is 11.3. The molecular formula is C15H34BrN. The Morgan fingerprint density at radius 2 is 1.00 bits per heavy atom. The molecule has 0 aromatic rings. The number of quaternary nitrogens is 1. The Bertz CT molecular complexity index is 140. The van der Waals surface area contributed by atoms with E-state index in [1.54, 1.807) is 0 Å². The van der Waals surface area contributed by atoms with Crippen LogP contribution in [0.1, 0.15) is 85.0 Å². The molecule has 0 saturated heterocycles. The van der Waals surface area contributed by atoms with Crippen molar-refractivity contribution in [3.63, 3.8) is 0 Å². The molecule has 2 heteroatoms. The Kier molecular flexibility index (Phi) is 15.0. The highest BCUT2D eigenvalue weighted by Crippen LogP contribution is 2.22. The van der Waals surface area contributed by atoms with E-state index in [1.165, 1.54) is 64.2 Å². The molecule has 0 unspecified atom stereocenters. The Morgan fingerprint density at radius 3 is 1.35 bits per heavy atom. The first-order chi connectivity index (χ1) is 7.56. The predicted molar refractivity (Wildman–Crippen MR) is 73.4 cm³/mol. The lowest BCUT2D eigenvalue weighted by atomic mass is 9.89. The van der Waals surface area contributed by atoms with Crippen LogP contribution < -0.4 is 22.7 Å². The maximum Gasteiger partial charge on any atom is 0.0739 e. The van der Waals surface area contributed by atoms with E-state index in [-0.39, 0.29) is 17.0 Å². The average Bonchev–Trinajstić information content (AvgIpc) is 2.19. The van der Waals surface area contributed by atoms with Gasteiger partial charge in [-0.25, -0.2) is 0 Å². The van der Waals surface area contributed by atoms with Crippen LogP contribution in [0.25, 0.3) is 0 Å². The van der Waals surface area contributed by atoms with Gasteiger partial charge in [-0.3, -0.25) is 0 Å². The lowest BCUT2D eigenvalue weighted by Gasteiger charge is -2.17. The van der Waals surface area contributed by atoms with E-state index in [2.05, 4.69) is 26.5 Å². The minimum Gasteiger partial charge on any atom is -1.00 e. The summed E-state index contributed by atoms with van der Waals surface area (Å²) in [5.74, 6) is 0. The van der Waals surface area contributed by atoms with Gasteiger partial charge in [0.25, 0.3) is 0 Å². The molecule has 0 bridgehead atoms. The summed E-state index contributed by atoms with van der Waals surface area (Å²) in [6, 6.07) is 0. The Hall–Kier alpha value is 0.440. The summed E-state index contributed by atoms with van der Waals surface area (Å²) < 4.78 is 0. The molecule has 0 aliphatic carbocycles. The van der Waals surface area contributed by atoms with E-state index in [0.29, 0.717) is 5.41 Å². The highest BCUT2D eigenvalue weighted by molar-refractivity contribution is 4.61. The second kappa shape index (κ2) is 12.9. The van der Waals surface area contributed by atoms with Gasteiger partial charge in [0.1, 0.15) is 0 Å². The van der Waals surface area contributed by atoms with Crippen LogP contribution in [0.2, 0.25) is 0 Å². The number of hydrogen-bond donors (Lipinski definition) is 1. The molecule has 0 aliphatic heterocycles. The molecule has 0 aliphatic rings. The third kappa shape index (κ3) is 19.0. The molecule has 3 N–H and O–H groups in total. The lowest BCUT2D eigenvalue weighted by Crippen LogP contribution is -3.00. The summed E-state index contributed by atoms with van der Waals surface area (Å²) >= 11 is 0. The molecule has 0 rings (SSSR count). The summed E-state index contributed by atoms with van der Waals surface area (Å²) in [5.41, 5.74) is 4.41. The van der Waals surface area contributed by atoms with Crippen LogP contribution in [0.15, 0.2) is 0 Å². The van der Waals surface area contributed by atoms with Gasteiger partial charge in [-0.1, -0.05) is 65.7 Å². The maximum atomic E-state index is 3.87. The molecule has 0 saturated carbocycles. The van der Waals surface area contributed by atoms with Crippen LogP contribution in [-0.2, 0) is 0 Å². The van der Waals surface area contributed by atoms with Gasteiger partial charge < -0.3 is 22.7 Å². The van der Waals surface area contributed by atoms with E-state index >= 15 is 0 Å². The van der Waals surface area contributed by atoms with E-state index < -0.39 is 0 Å². The maximum absolute atomic E-state index is 3.87. The Labute approximate surface area is 120 Å². The quantitative estimate of drug-likeness (QED) is 0.587. The summed E-state index contributed by atoms with van der Waals surface area (Å²) in [4.78, 5) is 0. The zero-order valence-corrected chi connectivity index (χ0v) is 13.9. The van der Waals surface area contributed by atoms with Crippen molar-refractivity contribution in [2.45, 2.75) is 85.0 Å². The molecule has 0 radical (unpaired) electrons. The van der Waals surface area contributed by atoms with E-state index in [4.69, 9.17) is 0 Å². The molecule has 17 heavy (non-hydrogen) atoms. The van der Waals surface area contributed by atoms with Crippen LogP contribution in [0.5, 0.6) is 0 Å². The highest BCUT2D eigenvalue weighted by Gasteiger charge is 2.08. The van der Waals surface area contributed by atoms with Crippen molar-refractivity contribution >= 4 is 0 Å². The zero-order chi connectivity index (χ0) is 12.3. The van der Waals surface area contributed by atoms with Gasteiger partial charge in [-0.2, -0.15) is 0 Å². The summed E-state index contributed by atoms with van der Waals surface area (Å²) in [5, 5.41) is 0. The molecule has 0 heterocycles. The standard InChI is InChI=1S/C15H33N.BrH/c1-15(2,3)13-11-9-7-5-4-6-8-10-12-14-16;/h4-14,16H2,1-3H3;1H. The molecule has 0 fully saturated rings. The number of hydrogen-bond acceptors (Lipinski definition) is 0. The molecule has 1 nitrogen and oxygen atoms in total. The molecular weight excluding hydrogens is 274 g/mol. The first-order valence-electron chi connectivity index (χ1n) is 7.35. The summed E-state index contributed by atoms with van der Waals surface area (Å²) in [6.07, 6.45) is 14.2. The Morgan fingerprint density at radius 1 is 0.647 bits per heavy atom. The lowest BCUT2D eigenvalue weighted by molar-refractivity contribution is -0.368. The SMILES string of the molecule is CC(C)(C)CCCCCCCCCCC[NH3+].[Br-]. The highest BCUT2D eigenvalue weighted by atomic mass is 79.9. The minimum atomic E-state index is 0. The first-order valence-corrected chi connectivity index (χ1v) is 7.35. The summed E-state index contributed by atoms with van der Waals surface area (Å²) in [7, 11) is 0. The zero-order valence-electron chi connectivity index (χ0n) is 12.4. The van der Waals surface area contributed by atoms with Crippen molar-refractivity contribution in [3.05, 3.63) is 0 Å². The van der Waals surface area contributed by atoms with Gasteiger partial charge >= 0.3 is 0 Å². The van der Waals surface area contributed by atoms with Crippen LogP contribution in [-0.4, -0.2) is 6.54 Å².